The van der Waals surface area contributed by atoms with E-state index in [1.54, 1.807) is 11.8 Å². The smallest absolute Gasteiger partial charge is 0.255 e. The lowest BCUT2D eigenvalue weighted by Gasteiger charge is -2.12. The highest BCUT2D eigenvalue weighted by Crippen LogP contribution is 2.33. The second kappa shape index (κ2) is 11.3. The second-order valence-electron chi connectivity index (χ2n) is 8.97. The lowest BCUT2D eigenvalue weighted by atomic mass is 10.1. The van der Waals surface area contributed by atoms with Gasteiger partial charge in [-0.15, -0.1) is 0 Å². The zero-order valence-electron chi connectivity index (χ0n) is 21.1. The molecule has 5 heteroatoms. The third-order valence-electron chi connectivity index (χ3n) is 6.33. The third-order valence-corrected chi connectivity index (χ3v) is 7.41. The van der Waals surface area contributed by atoms with Gasteiger partial charge in [-0.1, -0.05) is 103 Å². The standard InChI is InChI=1S/C34H25N3OS/c38-34(35-30-18-10-11-19-33(30)39-29-16-8-3-9-17-29)27-20-22-28(23-21-27)37-32(26-14-6-2-7-15-26)24-31(36-37)25-12-4-1-5-13-25/h1-24H,(H,35,38). The zero-order valence-corrected chi connectivity index (χ0v) is 21.9. The maximum absolute atomic E-state index is 13.2. The summed E-state index contributed by atoms with van der Waals surface area (Å²) in [5, 5.41) is 8.02. The number of benzene rings is 5. The highest BCUT2D eigenvalue weighted by Gasteiger charge is 2.15. The zero-order chi connectivity index (χ0) is 26.4. The Labute approximate surface area is 232 Å². The van der Waals surface area contributed by atoms with Gasteiger partial charge in [0.25, 0.3) is 5.91 Å². The quantitative estimate of drug-likeness (QED) is 0.228. The van der Waals surface area contributed by atoms with Crippen molar-refractivity contribution in [3.05, 3.63) is 151 Å². The fraction of sp³-hybridized carbons (Fsp3) is 0. The number of nitrogens with zero attached hydrogens (tertiary/aromatic N) is 2. The van der Waals surface area contributed by atoms with Gasteiger partial charge in [-0.05, 0) is 54.6 Å². The van der Waals surface area contributed by atoms with Gasteiger partial charge >= 0.3 is 0 Å². The van der Waals surface area contributed by atoms with Gasteiger partial charge in [0.15, 0.2) is 0 Å². The van der Waals surface area contributed by atoms with Crippen molar-refractivity contribution < 1.29 is 4.79 Å². The molecule has 1 heterocycles. The van der Waals surface area contributed by atoms with Crippen molar-refractivity contribution in [2.75, 3.05) is 5.32 Å². The molecule has 188 valence electrons. The van der Waals surface area contributed by atoms with Gasteiger partial charge in [0.1, 0.15) is 0 Å². The summed E-state index contributed by atoms with van der Waals surface area (Å²) >= 11 is 1.62. The first-order valence-electron chi connectivity index (χ1n) is 12.7. The predicted molar refractivity (Wildman–Crippen MR) is 159 cm³/mol. The van der Waals surface area contributed by atoms with Gasteiger partial charge in [-0.3, -0.25) is 4.79 Å². The lowest BCUT2D eigenvalue weighted by molar-refractivity contribution is 0.102. The minimum atomic E-state index is -0.156. The van der Waals surface area contributed by atoms with Gasteiger partial charge < -0.3 is 5.32 Å². The number of amides is 1. The molecule has 39 heavy (non-hydrogen) atoms. The summed E-state index contributed by atoms with van der Waals surface area (Å²) in [5.41, 5.74) is 6.24. The lowest BCUT2D eigenvalue weighted by Crippen LogP contribution is -2.12. The Morgan fingerprint density at radius 3 is 1.92 bits per heavy atom. The van der Waals surface area contributed by atoms with Gasteiger partial charge in [-0.2, -0.15) is 5.10 Å². The van der Waals surface area contributed by atoms with Crippen LogP contribution in [0.4, 0.5) is 5.69 Å². The Hall–Kier alpha value is -4.87. The fourth-order valence-corrected chi connectivity index (χ4v) is 5.29. The summed E-state index contributed by atoms with van der Waals surface area (Å²) in [6, 6.07) is 48.0. The molecule has 0 saturated carbocycles. The first-order valence-corrected chi connectivity index (χ1v) is 13.5. The van der Waals surface area contributed by atoms with Crippen molar-refractivity contribution in [3.63, 3.8) is 0 Å². The molecule has 0 saturated heterocycles. The van der Waals surface area contributed by atoms with Gasteiger partial charge in [0.2, 0.25) is 0 Å². The van der Waals surface area contributed by atoms with Crippen molar-refractivity contribution in [1.29, 1.82) is 0 Å². The van der Waals surface area contributed by atoms with Crippen LogP contribution < -0.4 is 5.32 Å². The Balaban J connectivity index is 1.27. The number of hydrogen-bond donors (Lipinski definition) is 1. The Bertz CT molecular complexity index is 1700. The average molecular weight is 524 g/mol. The van der Waals surface area contributed by atoms with E-state index in [0.717, 1.165) is 43.7 Å². The summed E-state index contributed by atoms with van der Waals surface area (Å²) in [7, 11) is 0. The van der Waals surface area contributed by atoms with E-state index in [1.807, 2.05) is 108 Å². The molecule has 0 unspecified atom stereocenters. The number of nitrogens with one attached hydrogen (secondary N) is 1. The first kappa shape index (κ1) is 24.5. The Morgan fingerprint density at radius 2 is 1.23 bits per heavy atom. The molecule has 0 bridgehead atoms. The van der Waals surface area contributed by atoms with Crippen LogP contribution in [-0.2, 0) is 0 Å². The van der Waals surface area contributed by atoms with Crippen LogP contribution in [0.1, 0.15) is 10.4 Å². The maximum atomic E-state index is 13.2. The normalized spacial score (nSPS) is 10.8. The minimum absolute atomic E-state index is 0.156. The fourth-order valence-electron chi connectivity index (χ4n) is 4.37. The summed E-state index contributed by atoms with van der Waals surface area (Å²) < 4.78 is 1.94. The molecule has 4 nitrogen and oxygen atoms in total. The molecule has 5 aromatic carbocycles. The molecule has 6 rings (SSSR count). The van der Waals surface area contributed by atoms with Crippen molar-refractivity contribution in [2.45, 2.75) is 9.79 Å². The SMILES string of the molecule is O=C(Nc1ccccc1Sc1ccccc1)c1ccc(-n2nc(-c3ccccc3)cc2-c2ccccc2)cc1. The topological polar surface area (TPSA) is 46.9 Å². The van der Waals surface area contributed by atoms with Crippen molar-refractivity contribution in [1.82, 2.24) is 9.78 Å². The molecule has 1 N–H and O–H groups in total. The molecule has 0 aliphatic carbocycles. The van der Waals surface area contributed by atoms with Gasteiger partial charge in [0.05, 0.1) is 22.8 Å². The number of aromatic nitrogens is 2. The van der Waals surface area contributed by atoms with Crippen LogP contribution in [0, 0.1) is 0 Å². The van der Waals surface area contributed by atoms with Crippen molar-refractivity contribution >= 4 is 23.4 Å². The molecule has 0 aliphatic heterocycles. The average Bonchev–Trinajstić information content (AvgIpc) is 3.45. The van der Waals surface area contributed by atoms with E-state index in [0.29, 0.717) is 5.56 Å². The predicted octanol–water partition coefficient (Wildman–Crippen LogP) is 8.61. The minimum Gasteiger partial charge on any atom is -0.321 e. The van der Waals surface area contributed by atoms with E-state index in [4.69, 9.17) is 5.10 Å². The molecule has 6 aromatic rings. The molecule has 0 radical (unpaired) electrons. The highest BCUT2D eigenvalue weighted by atomic mass is 32.2. The molecule has 0 aliphatic rings. The van der Waals surface area contributed by atoms with Crippen molar-refractivity contribution in [2.24, 2.45) is 0 Å². The number of rotatable bonds is 7. The number of carbonyl (C=O) groups excluding carboxylic acids is 1. The largest absolute Gasteiger partial charge is 0.321 e. The summed E-state index contributed by atoms with van der Waals surface area (Å²) in [4.78, 5) is 15.3. The molecule has 0 atom stereocenters. The van der Waals surface area contributed by atoms with E-state index < -0.39 is 0 Å². The van der Waals surface area contributed by atoms with Crippen LogP contribution in [-0.4, -0.2) is 15.7 Å². The van der Waals surface area contributed by atoms with Crippen LogP contribution in [0.2, 0.25) is 0 Å². The molecule has 1 amide bonds. The Morgan fingerprint density at radius 1 is 0.641 bits per heavy atom. The van der Waals surface area contributed by atoms with Gasteiger partial charge in [0, 0.05) is 26.5 Å². The number of carbonyl (C=O) groups is 1. The van der Waals surface area contributed by atoms with E-state index in [2.05, 4.69) is 47.8 Å². The third kappa shape index (κ3) is 5.54. The Kier molecular flexibility index (Phi) is 7.06. The maximum Gasteiger partial charge on any atom is 0.255 e. The van der Waals surface area contributed by atoms with Crippen molar-refractivity contribution in [3.8, 4) is 28.2 Å². The highest BCUT2D eigenvalue weighted by molar-refractivity contribution is 7.99. The van der Waals surface area contributed by atoms with E-state index in [9.17, 15) is 4.79 Å². The molecule has 1 aromatic heterocycles. The monoisotopic (exact) mass is 523 g/mol. The van der Waals surface area contributed by atoms with Crippen LogP contribution in [0.3, 0.4) is 0 Å². The van der Waals surface area contributed by atoms with E-state index in [1.165, 1.54) is 0 Å². The van der Waals surface area contributed by atoms with Crippen LogP contribution in [0.25, 0.3) is 28.2 Å². The molecular weight excluding hydrogens is 498 g/mol. The second-order valence-corrected chi connectivity index (χ2v) is 10.1. The number of para-hydroxylation sites is 1. The van der Waals surface area contributed by atoms with Crippen LogP contribution in [0.15, 0.2) is 155 Å². The van der Waals surface area contributed by atoms with Crippen LogP contribution in [0.5, 0.6) is 0 Å². The summed E-state index contributed by atoms with van der Waals surface area (Å²) in [6.45, 7) is 0. The molecular formula is C34H25N3OS. The summed E-state index contributed by atoms with van der Waals surface area (Å²) in [5.74, 6) is -0.156. The first-order chi connectivity index (χ1) is 19.2. The summed E-state index contributed by atoms with van der Waals surface area (Å²) in [6.07, 6.45) is 0. The van der Waals surface area contributed by atoms with E-state index >= 15 is 0 Å². The van der Waals surface area contributed by atoms with Gasteiger partial charge in [-0.25, -0.2) is 4.68 Å². The van der Waals surface area contributed by atoms with E-state index in [-0.39, 0.29) is 5.91 Å². The molecule has 0 spiro atoms. The number of anilines is 1. The number of hydrogen-bond acceptors (Lipinski definition) is 3. The van der Waals surface area contributed by atoms with Crippen LogP contribution >= 0.6 is 11.8 Å². The molecule has 0 fully saturated rings.